The molecule has 0 amide bonds. The summed E-state index contributed by atoms with van der Waals surface area (Å²) < 4.78 is 0. The molecule has 0 spiro atoms. The molecule has 0 atom stereocenters. The maximum Gasteiger partial charge on any atom is 0.0639 e. The molecule has 0 saturated carbocycles. The topological polar surface area (TPSA) is 24.7 Å². The van der Waals surface area contributed by atoms with Crippen LogP contribution in [0.2, 0.25) is 0 Å². The van der Waals surface area contributed by atoms with Crippen molar-refractivity contribution >= 4 is 22.8 Å². The van der Waals surface area contributed by atoms with E-state index in [1.165, 1.54) is 78.6 Å². The minimum Gasteiger partial charge on any atom is -0.252 e. The summed E-state index contributed by atoms with van der Waals surface area (Å²) in [6.07, 6.45) is 16.3. The fraction of sp³-hybridized carbons (Fsp3) is 0.588. The van der Waals surface area contributed by atoms with E-state index in [9.17, 15) is 0 Å². The Hall–Kier alpha value is -1.73. The molecule has 0 fully saturated rings. The van der Waals surface area contributed by atoms with Crippen molar-refractivity contribution in [2.24, 2.45) is 9.98 Å². The summed E-state index contributed by atoms with van der Waals surface area (Å²) in [7, 11) is 0. The molecule has 2 aromatic carbocycles. The Morgan fingerprint density at radius 2 is 0.811 bits per heavy atom. The molecular weight excluding hydrogens is 495 g/mol. The van der Waals surface area contributed by atoms with Gasteiger partial charge in [-0.2, -0.15) is 0 Å². The molecule has 0 saturated heterocycles. The van der Waals surface area contributed by atoms with Crippen LogP contribution in [0.1, 0.15) is 128 Å². The molecule has 0 heterocycles. The van der Waals surface area contributed by atoms with Crippen molar-refractivity contribution in [2.45, 2.75) is 131 Å². The molecule has 0 aliphatic rings. The fourth-order valence-corrected chi connectivity index (χ4v) is 4.69. The van der Waals surface area contributed by atoms with Gasteiger partial charge in [-0.1, -0.05) is 92.2 Å². The predicted molar refractivity (Wildman–Crippen MR) is 162 cm³/mol. The van der Waals surface area contributed by atoms with Crippen molar-refractivity contribution in [3.05, 3.63) is 58.7 Å². The molecule has 2 aromatic rings. The molecule has 0 unspecified atom stereocenters. The smallest absolute Gasteiger partial charge is 0.0639 e. The number of unbranched alkanes of at least 4 members (excludes halogenated alkanes) is 6. The van der Waals surface area contributed by atoms with Crippen LogP contribution in [0, 0.1) is 0 Å². The van der Waals surface area contributed by atoms with Crippen LogP contribution in [0.5, 0.6) is 0 Å². The third-order valence-electron chi connectivity index (χ3n) is 7.10. The first kappa shape index (κ1) is 33.3. The van der Waals surface area contributed by atoms with E-state index >= 15 is 0 Å². The van der Waals surface area contributed by atoms with Crippen LogP contribution in [0.25, 0.3) is 0 Å². The number of nitrogens with zero attached hydrogens (tertiary/aromatic N) is 2. The van der Waals surface area contributed by atoms with E-state index in [0.717, 1.165) is 56.3 Å². The van der Waals surface area contributed by atoms with Crippen LogP contribution >= 0.6 is 0 Å². The van der Waals surface area contributed by atoms with Gasteiger partial charge in [0.2, 0.25) is 0 Å². The fourth-order valence-electron chi connectivity index (χ4n) is 4.69. The van der Waals surface area contributed by atoms with Crippen LogP contribution < -0.4 is 0 Å². The van der Waals surface area contributed by atoms with Gasteiger partial charge in [-0.05, 0) is 97.9 Å². The Balaban J connectivity index is 0.00000684. The molecular formula is C34H52N2Ni. The maximum absolute atomic E-state index is 5.33. The molecule has 0 N–H and O–H groups in total. The first-order chi connectivity index (χ1) is 17.6. The van der Waals surface area contributed by atoms with E-state index in [1.54, 1.807) is 0 Å². The summed E-state index contributed by atoms with van der Waals surface area (Å²) in [6.45, 7) is 13.5. The molecule has 2 nitrogen and oxygen atoms in total. The van der Waals surface area contributed by atoms with Crippen molar-refractivity contribution in [2.75, 3.05) is 0 Å². The minimum atomic E-state index is 0. The Bertz CT molecular complexity index is 929. The van der Waals surface area contributed by atoms with Gasteiger partial charge >= 0.3 is 0 Å². The Kier molecular flexibility index (Phi) is 17.4. The van der Waals surface area contributed by atoms with E-state index in [0.29, 0.717) is 0 Å². The number of aliphatic imine (C=N–C) groups is 2. The second-order valence-corrected chi connectivity index (χ2v) is 10.2. The number of rotatable bonds is 17. The van der Waals surface area contributed by atoms with Crippen LogP contribution in [0.3, 0.4) is 0 Å². The number of benzene rings is 2. The second-order valence-electron chi connectivity index (χ2n) is 10.2. The first-order valence-corrected chi connectivity index (χ1v) is 15.0. The second kappa shape index (κ2) is 19.4. The van der Waals surface area contributed by atoms with E-state index < -0.39 is 0 Å². The van der Waals surface area contributed by atoms with Gasteiger partial charge < -0.3 is 0 Å². The van der Waals surface area contributed by atoms with Crippen molar-refractivity contribution in [3.63, 3.8) is 0 Å². The third-order valence-corrected chi connectivity index (χ3v) is 7.10. The van der Waals surface area contributed by atoms with Gasteiger partial charge in [-0.25, -0.2) is 0 Å². The largest absolute Gasteiger partial charge is 0.252 e. The van der Waals surface area contributed by atoms with E-state index in [-0.39, 0.29) is 16.5 Å². The van der Waals surface area contributed by atoms with Gasteiger partial charge in [0.1, 0.15) is 0 Å². The van der Waals surface area contributed by atoms with E-state index in [1.807, 2.05) is 0 Å². The predicted octanol–water partition coefficient (Wildman–Crippen LogP) is 10.7. The van der Waals surface area contributed by atoms with Crippen LogP contribution in [-0.4, -0.2) is 11.4 Å². The summed E-state index contributed by atoms with van der Waals surface area (Å²) >= 11 is 0. The standard InChI is InChI=1S/C34H52N2.Ni/c1-7-13-15-16-17-18-20-34(36-32-25-29(11-5)22-30(12-6)26-32)33(19-14-8-2)35-31-23-27(9-3)21-28(10-4)24-31;/h21-26H,7-20H2,1-6H3;/b35-33+,36-34+;. The molecule has 0 aliphatic heterocycles. The maximum atomic E-state index is 5.33. The molecule has 0 aliphatic carbocycles. The van der Waals surface area contributed by atoms with Crippen molar-refractivity contribution in [3.8, 4) is 0 Å². The molecule has 2 rings (SSSR count). The van der Waals surface area contributed by atoms with Crippen LogP contribution in [-0.2, 0) is 42.2 Å². The van der Waals surface area contributed by atoms with E-state index in [2.05, 4.69) is 77.9 Å². The monoisotopic (exact) mass is 546 g/mol. The van der Waals surface area contributed by atoms with Crippen LogP contribution in [0.15, 0.2) is 46.4 Å². The zero-order valence-corrected chi connectivity index (χ0v) is 25.6. The van der Waals surface area contributed by atoms with Gasteiger partial charge in [-0.15, -0.1) is 0 Å². The zero-order valence-electron chi connectivity index (χ0n) is 24.6. The van der Waals surface area contributed by atoms with Gasteiger partial charge in [0.15, 0.2) is 0 Å². The number of aryl methyl sites for hydroxylation is 4. The molecule has 208 valence electrons. The normalized spacial score (nSPS) is 12.1. The zero-order chi connectivity index (χ0) is 26.2. The SMILES string of the molecule is CCCCCCCCC(=N\c1cc(CC)cc(CC)c1)/C(CCCC)=N/c1cc(CC)cc(CC)c1.[Ni]. The molecule has 0 radical (unpaired) electrons. The Labute approximate surface area is 238 Å². The molecule has 3 heteroatoms. The van der Waals surface area contributed by atoms with Crippen molar-refractivity contribution in [1.29, 1.82) is 0 Å². The number of hydrogen-bond donors (Lipinski definition) is 0. The quantitative estimate of drug-likeness (QED) is 0.107. The Morgan fingerprint density at radius 3 is 1.19 bits per heavy atom. The Morgan fingerprint density at radius 1 is 0.459 bits per heavy atom. The summed E-state index contributed by atoms with van der Waals surface area (Å²) in [4.78, 5) is 10.6. The van der Waals surface area contributed by atoms with Crippen molar-refractivity contribution < 1.29 is 16.5 Å². The average molecular weight is 547 g/mol. The molecule has 0 aromatic heterocycles. The van der Waals surface area contributed by atoms with Crippen molar-refractivity contribution in [1.82, 2.24) is 0 Å². The summed E-state index contributed by atoms with van der Waals surface area (Å²) in [5.74, 6) is 0. The summed E-state index contributed by atoms with van der Waals surface area (Å²) in [6, 6.07) is 13.8. The van der Waals surface area contributed by atoms with E-state index in [4.69, 9.17) is 9.98 Å². The molecule has 37 heavy (non-hydrogen) atoms. The van der Waals surface area contributed by atoms with Gasteiger partial charge in [0.05, 0.1) is 22.8 Å². The first-order valence-electron chi connectivity index (χ1n) is 15.0. The van der Waals surface area contributed by atoms with Gasteiger partial charge in [0.25, 0.3) is 0 Å². The van der Waals surface area contributed by atoms with Crippen LogP contribution in [0.4, 0.5) is 11.4 Å². The minimum absolute atomic E-state index is 0. The summed E-state index contributed by atoms with van der Waals surface area (Å²) in [5, 5.41) is 0. The van der Waals surface area contributed by atoms with Gasteiger partial charge in [-0.3, -0.25) is 9.98 Å². The number of hydrogen-bond acceptors (Lipinski definition) is 2. The van der Waals surface area contributed by atoms with Gasteiger partial charge in [0, 0.05) is 16.5 Å². The third kappa shape index (κ3) is 12.1. The summed E-state index contributed by atoms with van der Waals surface area (Å²) in [5.41, 5.74) is 10.1. The molecule has 0 bridgehead atoms. The average Bonchev–Trinajstić information content (AvgIpc) is 2.91.